The number of amides is 1. The average Bonchev–Trinajstić information content (AvgIpc) is 2.58. The van der Waals surface area contributed by atoms with E-state index in [9.17, 15) is 4.79 Å². The van der Waals surface area contributed by atoms with Gasteiger partial charge in [-0.05, 0) is 31.0 Å². The molecule has 0 heterocycles. The molecular weight excluding hydrogens is 276 g/mol. The number of benzene rings is 2. The molecule has 0 aliphatic carbocycles. The Labute approximate surface area is 130 Å². The summed E-state index contributed by atoms with van der Waals surface area (Å²) in [5, 5.41) is 4.15. The molecule has 4 nitrogen and oxygen atoms in total. The molecule has 1 amide bonds. The summed E-state index contributed by atoms with van der Waals surface area (Å²) in [6, 6.07) is 16.9. The van der Waals surface area contributed by atoms with Crippen LogP contribution in [-0.2, 0) is 0 Å². The zero-order chi connectivity index (χ0) is 15.8. The lowest BCUT2D eigenvalue weighted by atomic mass is 10.1. The fraction of sp³-hybridized carbons (Fsp3) is 0.222. The van der Waals surface area contributed by atoms with Crippen LogP contribution in [0.4, 0.5) is 0 Å². The molecule has 22 heavy (non-hydrogen) atoms. The number of ether oxygens (including phenoxy) is 1. The molecule has 0 aliphatic heterocycles. The minimum Gasteiger partial charge on any atom is -0.493 e. The first-order valence-electron chi connectivity index (χ1n) is 7.34. The Morgan fingerprint density at radius 2 is 1.77 bits per heavy atom. The molecule has 0 radical (unpaired) electrons. The Kier molecular flexibility index (Phi) is 5.72. The number of nitrogens with one attached hydrogen (secondary N) is 1. The van der Waals surface area contributed by atoms with Crippen LogP contribution in [0, 0.1) is 0 Å². The summed E-state index contributed by atoms with van der Waals surface area (Å²) >= 11 is 0. The Balaban J connectivity index is 2.09. The van der Waals surface area contributed by atoms with Gasteiger partial charge in [-0.2, -0.15) is 5.10 Å². The Bertz CT molecular complexity index is 651. The molecule has 2 rings (SSSR count). The topological polar surface area (TPSA) is 50.7 Å². The second-order valence-electron chi connectivity index (χ2n) is 4.85. The lowest BCUT2D eigenvalue weighted by Gasteiger charge is -2.09. The summed E-state index contributed by atoms with van der Waals surface area (Å²) in [5.74, 6) is 0.302. The van der Waals surface area contributed by atoms with Gasteiger partial charge in [0.1, 0.15) is 5.75 Å². The van der Waals surface area contributed by atoms with Crippen molar-refractivity contribution in [1.29, 1.82) is 0 Å². The van der Waals surface area contributed by atoms with Crippen molar-refractivity contribution in [2.75, 3.05) is 6.61 Å². The van der Waals surface area contributed by atoms with E-state index in [1.165, 1.54) is 0 Å². The molecule has 0 atom stereocenters. The van der Waals surface area contributed by atoms with E-state index in [0.29, 0.717) is 17.9 Å². The fourth-order valence-corrected chi connectivity index (χ4v) is 1.93. The zero-order valence-corrected chi connectivity index (χ0v) is 12.9. The summed E-state index contributed by atoms with van der Waals surface area (Å²) in [6.45, 7) is 4.46. The minimum atomic E-state index is -0.276. The van der Waals surface area contributed by atoms with Gasteiger partial charge in [-0.3, -0.25) is 4.79 Å². The maximum atomic E-state index is 12.3. The van der Waals surface area contributed by atoms with Gasteiger partial charge in [0.05, 0.1) is 17.9 Å². The van der Waals surface area contributed by atoms with Crippen LogP contribution in [0.25, 0.3) is 0 Å². The molecule has 4 heteroatoms. The van der Waals surface area contributed by atoms with E-state index in [0.717, 1.165) is 17.7 Å². The molecule has 0 unspecified atom stereocenters. The predicted octanol–water partition coefficient (Wildman–Crippen LogP) is 3.63. The summed E-state index contributed by atoms with van der Waals surface area (Å²) < 4.78 is 5.59. The number of hydrogen-bond donors (Lipinski definition) is 1. The summed E-state index contributed by atoms with van der Waals surface area (Å²) in [6.07, 6.45) is 0.890. The standard InChI is InChI=1S/C18H20N2O2/c1-3-13-22-17-12-8-7-11-16(17)18(21)20-19-14(2)15-9-5-4-6-10-15/h4-12H,3,13H2,1-2H3,(H,20,21). The molecule has 1 N–H and O–H groups in total. The molecule has 114 valence electrons. The van der Waals surface area contributed by atoms with Gasteiger partial charge in [0.25, 0.3) is 5.91 Å². The van der Waals surface area contributed by atoms with Gasteiger partial charge in [-0.25, -0.2) is 5.43 Å². The fourth-order valence-electron chi connectivity index (χ4n) is 1.93. The quantitative estimate of drug-likeness (QED) is 0.653. The van der Waals surface area contributed by atoms with Crippen LogP contribution in [0.5, 0.6) is 5.75 Å². The van der Waals surface area contributed by atoms with Crippen LogP contribution >= 0.6 is 0 Å². The number of hydrogen-bond acceptors (Lipinski definition) is 3. The van der Waals surface area contributed by atoms with Crippen LogP contribution in [0.1, 0.15) is 36.2 Å². The second kappa shape index (κ2) is 7.98. The normalized spacial score (nSPS) is 11.1. The number of para-hydroxylation sites is 1. The van der Waals surface area contributed by atoms with Crippen molar-refractivity contribution in [3.63, 3.8) is 0 Å². The minimum absolute atomic E-state index is 0.276. The third-order valence-corrected chi connectivity index (χ3v) is 3.11. The van der Waals surface area contributed by atoms with E-state index in [1.807, 2.05) is 56.3 Å². The van der Waals surface area contributed by atoms with Crippen molar-refractivity contribution in [2.24, 2.45) is 5.10 Å². The molecular formula is C18H20N2O2. The molecule has 0 spiro atoms. The SMILES string of the molecule is CCCOc1ccccc1C(=O)NN=C(C)c1ccccc1. The molecule has 0 saturated heterocycles. The monoisotopic (exact) mass is 296 g/mol. The first kappa shape index (κ1) is 15.8. The molecule has 0 aromatic heterocycles. The third kappa shape index (κ3) is 4.19. The lowest BCUT2D eigenvalue weighted by Crippen LogP contribution is -2.20. The van der Waals surface area contributed by atoms with Crippen molar-refractivity contribution in [3.8, 4) is 5.75 Å². The first-order chi connectivity index (χ1) is 10.7. The van der Waals surface area contributed by atoms with Gasteiger partial charge in [-0.15, -0.1) is 0 Å². The van der Waals surface area contributed by atoms with Crippen molar-refractivity contribution in [2.45, 2.75) is 20.3 Å². The summed E-state index contributed by atoms with van der Waals surface area (Å²) in [7, 11) is 0. The van der Waals surface area contributed by atoms with Crippen LogP contribution < -0.4 is 10.2 Å². The molecule has 2 aromatic carbocycles. The Morgan fingerprint density at radius 1 is 1.09 bits per heavy atom. The Morgan fingerprint density at radius 3 is 2.50 bits per heavy atom. The van der Waals surface area contributed by atoms with Gasteiger partial charge in [-0.1, -0.05) is 49.4 Å². The van der Waals surface area contributed by atoms with Crippen molar-refractivity contribution >= 4 is 11.6 Å². The van der Waals surface area contributed by atoms with Crippen LogP contribution in [0.3, 0.4) is 0 Å². The van der Waals surface area contributed by atoms with E-state index < -0.39 is 0 Å². The van der Waals surface area contributed by atoms with Crippen molar-refractivity contribution in [1.82, 2.24) is 5.43 Å². The molecule has 0 bridgehead atoms. The van der Waals surface area contributed by atoms with Gasteiger partial charge in [0.2, 0.25) is 0 Å². The highest BCUT2D eigenvalue weighted by atomic mass is 16.5. The highest BCUT2D eigenvalue weighted by Crippen LogP contribution is 2.18. The number of carbonyl (C=O) groups is 1. The average molecular weight is 296 g/mol. The van der Waals surface area contributed by atoms with Gasteiger partial charge in [0, 0.05) is 0 Å². The third-order valence-electron chi connectivity index (χ3n) is 3.11. The van der Waals surface area contributed by atoms with Crippen molar-refractivity contribution in [3.05, 3.63) is 65.7 Å². The second-order valence-corrected chi connectivity index (χ2v) is 4.85. The van der Waals surface area contributed by atoms with E-state index in [2.05, 4.69) is 10.5 Å². The molecule has 0 saturated carbocycles. The zero-order valence-electron chi connectivity index (χ0n) is 12.9. The number of nitrogens with zero attached hydrogens (tertiary/aromatic N) is 1. The highest BCUT2D eigenvalue weighted by molar-refractivity contribution is 6.01. The Hall–Kier alpha value is -2.62. The van der Waals surface area contributed by atoms with Gasteiger partial charge >= 0.3 is 0 Å². The first-order valence-corrected chi connectivity index (χ1v) is 7.34. The van der Waals surface area contributed by atoms with E-state index in [1.54, 1.807) is 12.1 Å². The summed E-state index contributed by atoms with van der Waals surface area (Å²) in [4.78, 5) is 12.3. The predicted molar refractivity (Wildman–Crippen MR) is 88.3 cm³/mol. The number of carbonyl (C=O) groups excluding carboxylic acids is 1. The van der Waals surface area contributed by atoms with Gasteiger partial charge < -0.3 is 4.74 Å². The van der Waals surface area contributed by atoms with E-state index >= 15 is 0 Å². The summed E-state index contributed by atoms with van der Waals surface area (Å²) in [5.41, 5.74) is 4.79. The van der Waals surface area contributed by atoms with Crippen LogP contribution in [0.2, 0.25) is 0 Å². The van der Waals surface area contributed by atoms with Crippen LogP contribution in [0.15, 0.2) is 59.7 Å². The van der Waals surface area contributed by atoms with E-state index in [-0.39, 0.29) is 5.91 Å². The maximum absolute atomic E-state index is 12.3. The molecule has 0 aliphatic rings. The smallest absolute Gasteiger partial charge is 0.275 e. The number of hydrazone groups is 1. The van der Waals surface area contributed by atoms with E-state index in [4.69, 9.17) is 4.74 Å². The number of rotatable bonds is 6. The van der Waals surface area contributed by atoms with Crippen molar-refractivity contribution < 1.29 is 9.53 Å². The largest absolute Gasteiger partial charge is 0.493 e. The molecule has 0 fully saturated rings. The lowest BCUT2D eigenvalue weighted by molar-refractivity contribution is 0.0950. The molecule has 2 aromatic rings. The maximum Gasteiger partial charge on any atom is 0.275 e. The van der Waals surface area contributed by atoms with Crippen LogP contribution in [-0.4, -0.2) is 18.2 Å². The van der Waals surface area contributed by atoms with Gasteiger partial charge in [0.15, 0.2) is 0 Å². The highest BCUT2D eigenvalue weighted by Gasteiger charge is 2.11.